The third kappa shape index (κ3) is 5.44. The molecule has 0 aliphatic carbocycles. The molecule has 0 heterocycles. The van der Waals surface area contributed by atoms with Crippen LogP contribution < -0.4 is 0 Å². The Balaban J connectivity index is 0.00000137. The van der Waals surface area contributed by atoms with Crippen LogP contribution in [0.1, 0.15) is 38.1 Å². The van der Waals surface area contributed by atoms with E-state index in [1.165, 1.54) is 0 Å². The van der Waals surface area contributed by atoms with Crippen LogP contribution in [0.15, 0.2) is 66.3 Å². The molecule has 1 aromatic rings. The number of ketones is 1. The van der Waals surface area contributed by atoms with Crippen LogP contribution in [0.2, 0.25) is 0 Å². The summed E-state index contributed by atoms with van der Waals surface area (Å²) in [7, 11) is 0. The van der Waals surface area contributed by atoms with Crippen molar-refractivity contribution in [3.05, 3.63) is 71.8 Å². The van der Waals surface area contributed by atoms with Crippen molar-refractivity contribution >= 4 is 5.78 Å². The van der Waals surface area contributed by atoms with Gasteiger partial charge in [-0.2, -0.15) is 0 Å². The quantitative estimate of drug-likeness (QED) is 0.413. The normalized spacial score (nSPS) is 11.4. The Hall–Kier alpha value is -1.89. The molecule has 0 aromatic heterocycles. The lowest BCUT2D eigenvalue weighted by Crippen LogP contribution is -2.00. The van der Waals surface area contributed by atoms with Crippen LogP contribution in [0.4, 0.5) is 0 Å². The molecule has 0 radical (unpaired) electrons. The summed E-state index contributed by atoms with van der Waals surface area (Å²) in [6.07, 6.45) is 9.36. The van der Waals surface area contributed by atoms with Crippen LogP contribution in [-0.4, -0.2) is 5.78 Å². The number of rotatable bonds is 4. The molecule has 0 bridgehead atoms. The fourth-order valence-corrected chi connectivity index (χ4v) is 1.33. The summed E-state index contributed by atoms with van der Waals surface area (Å²) in [6, 6.07) is 9.30. The van der Waals surface area contributed by atoms with Crippen molar-refractivity contribution in [2.75, 3.05) is 0 Å². The molecule has 0 atom stereocenters. The van der Waals surface area contributed by atoms with E-state index in [1.807, 2.05) is 88.4 Å². The lowest BCUT2D eigenvalue weighted by Gasteiger charge is -2.00. The fourth-order valence-electron chi connectivity index (χ4n) is 1.33. The highest BCUT2D eigenvalue weighted by Crippen LogP contribution is 2.09. The number of hydrogen-bond acceptors (Lipinski definition) is 1. The number of hydrogen-bond donors (Lipinski definition) is 0. The lowest BCUT2D eigenvalue weighted by molar-refractivity contribution is 0.103. The lowest BCUT2D eigenvalue weighted by atomic mass is 10.0. The number of carbonyl (C=O) groups is 1. The van der Waals surface area contributed by atoms with Crippen molar-refractivity contribution in [2.24, 2.45) is 0 Å². The van der Waals surface area contributed by atoms with Crippen LogP contribution in [0.5, 0.6) is 0 Å². The topological polar surface area (TPSA) is 17.1 Å². The first kappa shape index (κ1) is 16.1. The second-order valence-electron chi connectivity index (χ2n) is 3.32. The largest absolute Gasteiger partial charge is 0.289 e. The summed E-state index contributed by atoms with van der Waals surface area (Å²) in [5.74, 6) is 0.0591. The van der Waals surface area contributed by atoms with Crippen molar-refractivity contribution in [3.63, 3.8) is 0 Å². The van der Waals surface area contributed by atoms with Gasteiger partial charge in [-0.15, -0.1) is 0 Å². The van der Waals surface area contributed by atoms with E-state index in [-0.39, 0.29) is 5.78 Å². The maximum absolute atomic E-state index is 12.0. The minimum absolute atomic E-state index is 0.0591. The third-order valence-corrected chi connectivity index (χ3v) is 2.19. The Bertz CT molecular complexity index is 422. The van der Waals surface area contributed by atoms with Gasteiger partial charge >= 0.3 is 0 Å². The van der Waals surface area contributed by atoms with Crippen molar-refractivity contribution < 1.29 is 4.79 Å². The molecule has 0 saturated carbocycles. The first-order chi connectivity index (χ1) is 8.79. The van der Waals surface area contributed by atoms with Crippen molar-refractivity contribution in [1.82, 2.24) is 0 Å². The summed E-state index contributed by atoms with van der Waals surface area (Å²) in [5, 5.41) is 0. The molecular weight excluding hydrogens is 220 g/mol. The zero-order valence-corrected chi connectivity index (χ0v) is 11.7. The highest BCUT2D eigenvalue weighted by molar-refractivity contribution is 6.10. The summed E-state index contributed by atoms with van der Waals surface area (Å²) in [6.45, 7) is 7.81. The minimum atomic E-state index is 0.0591. The molecule has 1 rings (SSSR count). The summed E-state index contributed by atoms with van der Waals surface area (Å²) in [5.41, 5.74) is 1.44. The Morgan fingerprint density at radius 1 is 1.00 bits per heavy atom. The molecule has 1 heteroatoms. The van der Waals surface area contributed by atoms with Crippen LogP contribution >= 0.6 is 0 Å². The summed E-state index contributed by atoms with van der Waals surface area (Å²) < 4.78 is 0. The molecule has 0 spiro atoms. The Kier molecular flexibility index (Phi) is 9.20. The smallest absolute Gasteiger partial charge is 0.192 e. The SMILES string of the molecule is CC.C\C=C/C=C\C(=C/C)C(=O)c1ccccc1. The second kappa shape index (κ2) is 10.3. The van der Waals surface area contributed by atoms with Crippen molar-refractivity contribution in [2.45, 2.75) is 27.7 Å². The molecule has 0 amide bonds. The minimum Gasteiger partial charge on any atom is -0.289 e. The van der Waals surface area contributed by atoms with Gasteiger partial charge in [0.1, 0.15) is 0 Å². The van der Waals surface area contributed by atoms with Gasteiger partial charge in [-0.05, 0) is 13.8 Å². The van der Waals surface area contributed by atoms with Crippen molar-refractivity contribution in [3.8, 4) is 0 Å². The van der Waals surface area contributed by atoms with Gasteiger partial charge in [0.05, 0.1) is 0 Å². The molecule has 0 fully saturated rings. The Morgan fingerprint density at radius 2 is 1.61 bits per heavy atom. The molecule has 1 aromatic carbocycles. The van der Waals surface area contributed by atoms with Crippen LogP contribution in [0.25, 0.3) is 0 Å². The average Bonchev–Trinajstić information content (AvgIpc) is 2.46. The number of allylic oxidation sites excluding steroid dienone is 6. The molecule has 96 valence electrons. The molecular formula is C17H22O. The predicted molar refractivity (Wildman–Crippen MR) is 79.8 cm³/mol. The highest BCUT2D eigenvalue weighted by atomic mass is 16.1. The van der Waals surface area contributed by atoms with Gasteiger partial charge in [-0.25, -0.2) is 0 Å². The first-order valence-electron chi connectivity index (χ1n) is 6.35. The molecule has 0 saturated heterocycles. The monoisotopic (exact) mass is 242 g/mol. The molecule has 0 aliphatic rings. The number of Topliss-reactive ketones (excluding diaryl/α,β-unsaturated/α-hetero) is 1. The maximum atomic E-state index is 12.0. The average molecular weight is 242 g/mol. The zero-order chi connectivity index (χ0) is 13.8. The van der Waals surface area contributed by atoms with Crippen LogP contribution in [0, 0.1) is 0 Å². The third-order valence-electron chi connectivity index (χ3n) is 2.19. The van der Waals surface area contributed by atoms with E-state index < -0.39 is 0 Å². The molecule has 0 unspecified atom stereocenters. The van der Waals surface area contributed by atoms with Gasteiger partial charge in [0.2, 0.25) is 0 Å². The summed E-state index contributed by atoms with van der Waals surface area (Å²) in [4.78, 5) is 12.0. The first-order valence-corrected chi connectivity index (χ1v) is 6.35. The van der Waals surface area contributed by atoms with Crippen LogP contribution in [0.3, 0.4) is 0 Å². The van der Waals surface area contributed by atoms with Gasteiger partial charge in [-0.1, -0.05) is 74.6 Å². The molecule has 1 nitrogen and oxygen atoms in total. The summed E-state index contributed by atoms with van der Waals surface area (Å²) >= 11 is 0. The van der Waals surface area contributed by atoms with Gasteiger partial charge in [0.15, 0.2) is 5.78 Å². The molecule has 0 aliphatic heterocycles. The zero-order valence-electron chi connectivity index (χ0n) is 11.7. The standard InChI is InChI=1S/C15H16O.C2H6/c1-3-5-7-10-13(4-2)15(16)14-11-8-6-9-12-14;1-2/h3-12H,1-2H3;1-2H3/b5-3-,10-7-,13-4+;. The Labute approximate surface area is 111 Å². The van der Waals surface area contributed by atoms with Gasteiger partial charge < -0.3 is 0 Å². The van der Waals surface area contributed by atoms with E-state index in [4.69, 9.17) is 0 Å². The van der Waals surface area contributed by atoms with Crippen LogP contribution in [-0.2, 0) is 0 Å². The fraction of sp³-hybridized carbons (Fsp3) is 0.235. The van der Waals surface area contributed by atoms with E-state index in [1.54, 1.807) is 0 Å². The van der Waals surface area contributed by atoms with Gasteiger partial charge in [-0.3, -0.25) is 4.79 Å². The molecule has 18 heavy (non-hydrogen) atoms. The predicted octanol–water partition coefficient (Wildman–Crippen LogP) is 4.97. The van der Waals surface area contributed by atoms with Gasteiger partial charge in [0, 0.05) is 11.1 Å². The van der Waals surface area contributed by atoms with E-state index in [0.29, 0.717) is 5.57 Å². The molecule has 0 N–H and O–H groups in total. The van der Waals surface area contributed by atoms with Crippen molar-refractivity contribution in [1.29, 1.82) is 0 Å². The maximum Gasteiger partial charge on any atom is 0.192 e. The van der Waals surface area contributed by atoms with E-state index in [2.05, 4.69) is 0 Å². The second-order valence-corrected chi connectivity index (χ2v) is 3.32. The highest BCUT2D eigenvalue weighted by Gasteiger charge is 2.07. The van der Waals surface area contributed by atoms with Gasteiger partial charge in [0.25, 0.3) is 0 Å². The van der Waals surface area contributed by atoms with E-state index in [9.17, 15) is 4.79 Å². The number of benzene rings is 1. The van der Waals surface area contributed by atoms with E-state index in [0.717, 1.165) is 5.56 Å². The van der Waals surface area contributed by atoms with E-state index >= 15 is 0 Å². The number of carbonyl (C=O) groups excluding carboxylic acids is 1. The Morgan fingerprint density at radius 3 is 2.11 bits per heavy atom.